The van der Waals surface area contributed by atoms with E-state index in [9.17, 15) is 20.0 Å². The zero-order chi connectivity index (χ0) is 21.0. The normalized spacial score (nSPS) is 11.0. The van der Waals surface area contributed by atoms with E-state index < -0.39 is 11.9 Å². The van der Waals surface area contributed by atoms with Crippen LogP contribution in [0, 0.1) is 25.2 Å². The fraction of sp³-hybridized carbons (Fsp3) is 0.0870. The summed E-state index contributed by atoms with van der Waals surface area (Å²) in [6.45, 7) is 3.82. The molecule has 144 valence electrons. The molecule has 0 atom stereocenters. The first-order chi connectivity index (χ1) is 13.9. The van der Waals surface area contributed by atoms with E-state index in [0.29, 0.717) is 17.0 Å². The van der Waals surface area contributed by atoms with Crippen molar-refractivity contribution in [2.75, 3.05) is 5.32 Å². The third kappa shape index (κ3) is 4.42. The van der Waals surface area contributed by atoms with E-state index in [2.05, 4.69) is 5.32 Å². The molecule has 29 heavy (non-hydrogen) atoms. The maximum atomic E-state index is 12.5. The highest BCUT2D eigenvalue weighted by Gasteiger charge is 2.14. The number of nitriles is 1. The lowest BCUT2D eigenvalue weighted by molar-refractivity contribution is -0.254. The van der Waals surface area contributed by atoms with Crippen LogP contribution in [0.5, 0.6) is 0 Å². The lowest BCUT2D eigenvalue weighted by Gasteiger charge is -2.08. The molecule has 0 saturated carbocycles. The van der Waals surface area contributed by atoms with Gasteiger partial charge in [0.1, 0.15) is 23.2 Å². The summed E-state index contributed by atoms with van der Waals surface area (Å²) in [5, 5.41) is 23.4. The van der Waals surface area contributed by atoms with E-state index >= 15 is 0 Å². The largest absolute Gasteiger partial charge is 0.545 e. The number of rotatable bonds is 5. The van der Waals surface area contributed by atoms with Gasteiger partial charge in [-0.25, -0.2) is 0 Å². The number of furan rings is 1. The van der Waals surface area contributed by atoms with Crippen molar-refractivity contribution < 1.29 is 19.1 Å². The molecule has 0 unspecified atom stereocenters. The molecule has 6 heteroatoms. The summed E-state index contributed by atoms with van der Waals surface area (Å²) in [5.41, 5.74) is 2.77. The molecule has 0 aliphatic carbocycles. The number of anilines is 1. The highest BCUT2D eigenvalue weighted by molar-refractivity contribution is 6.09. The number of carboxylic acid groups (broad SMARTS) is 1. The number of nitrogens with one attached hydrogen (secondary N) is 1. The minimum absolute atomic E-state index is 0.00882. The highest BCUT2D eigenvalue weighted by Crippen LogP contribution is 2.26. The summed E-state index contributed by atoms with van der Waals surface area (Å²) >= 11 is 0. The van der Waals surface area contributed by atoms with E-state index in [-0.39, 0.29) is 16.9 Å². The molecule has 0 bridgehead atoms. The van der Waals surface area contributed by atoms with Crippen LogP contribution in [0.2, 0.25) is 0 Å². The van der Waals surface area contributed by atoms with Crippen molar-refractivity contribution in [1.29, 1.82) is 5.26 Å². The minimum Gasteiger partial charge on any atom is -0.545 e. The first-order valence-corrected chi connectivity index (χ1v) is 8.80. The van der Waals surface area contributed by atoms with E-state index in [0.717, 1.165) is 11.1 Å². The van der Waals surface area contributed by atoms with Crippen molar-refractivity contribution in [2.24, 2.45) is 0 Å². The van der Waals surface area contributed by atoms with Crippen LogP contribution in [-0.2, 0) is 4.79 Å². The summed E-state index contributed by atoms with van der Waals surface area (Å²) in [6, 6.07) is 16.8. The summed E-state index contributed by atoms with van der Waals surface area (Å²) in [7, 11) is 0. The Balaban J connectivity index is 1.86. The minimum atomic E-state index is -1.32. The van der Waals surface area contributed by atoms with Crippen LogP contribution in [0.15, 0.2) is 64.6 Å². The van der Waals surface area contributed by atoms with Gasteiger partial charge in [-0.05, 0) is 37.6 Å². The van der Waals surface area contributed by atoms with Crippen molar-refractivity contribution in [1.82, 2.24) is 0 Å². The van der Waals surface area contributed by atoms with Gasteiger partial charge in [0.15, 0.2) is 0 Å². The molecule has 6 nitrogen and oxygen atoms in total. The summed E-state index contributed by atoms with van der Waals surface area (Å²) in [6.07, 6.45) is 1.31. The Bertz CT molecular complexity index is 1170. The van der Waals surface area contributed by atoms with Gasteiger partial charge < -0.3 is 19.6 Å². The Morgan fingerprint density at radius 3 is 2.55 bits per heavy atom. The lowest BCUT2D eigenvalue weighted by atomic mass is 10.1. The number of carboxylic acids is 1. The standard InChI is InChI=1S/C23H18N2O4/c1-14-7-9-20(15(2)11-14)25-22(26)16(13-24)12-17-8-10-21(29-17)18-5-3-4-6-19(18)23(27)28/h3-12H,1-2H3,(H,25,26)(H,27,28)/p-1/b16-12+. The first-order valence-electron chi connectivity index (χ1n) is 8.80. The molecular weight excluding hydrogens is 368 g/mol. The molecule has 0 aliphatic heterocycles. The number of amides is 1. The van der Waals surface area contributed by atoms with Crippen molar-refractivity contribution in [3.05, 3.63) is 82.6 Å². The lowest BCUT2D eigenvalue weighted by Crippen LogP contribution is -2.22. The van der Waals surface area contributed by atoms with Crippen LogP contribution in [0.4, 0.5) is 5.69 Å². The molecule has 2 aromatic carbocycles. The topological polar surface area (TPSA) is 106 Å². The maximum absolute atomic E-state index is 12.5. The maximum Gasteiger partial charge on any atom is 0.266 e. The Hall–Kier alpha value is -4.11. The number of hydrogen-bond donors (Lipinski definition) is 1. The number of nitrogens with zero attached hydrogens (tertiary/aromatic N) is 1. The Morgan fingerprint density at radius 2 is 1.86 bits per heavy atom. The van der Waals surface area contributed by atoms with Crippen molar-refractivity contribution in [3.8, 4) is 17.4 Å². The van der Waals surface area contributed by atoms with E-state index in [1.165, 1.54) is 12.1 Å². The zero-order valence-electron chi connectivity index (χ0n) is 15.9. The Labute approximate surface area is 167 Å². The second-order valence-corrected chi connectivity index (χ2v) is 6.48. The molecule has 1 heterocycles. The van der Waals surface area contributed by atoms with Crippen molar-refractivity contribution >= 4 is 23.6 Å². The van der Waals surface area contributed by atoms with Crippen LogP contribution < -0.4 is 10.4 Å². The molecule has 0 radical (unpaired) electrons. The number of carbonyl (C=O) groups is 2. The molecule has 3 rings (SSSR count). The number of carbonyl (C=O) groups excluding carboxylic acids is 2. The molecule has 0 aliphatic rings. The molecule has 0 saturated heterocycles. The van der Waals surface area contributed by atoms with Crippen LogP contribution in [0.1, 0.15) is 27.2 Å². The van der Waals surface area contributed by atoms with Crippen LogP contribution in [0.3, 0.4) is 0 Å². The average Bonchev–Trinajstić information content (AvgIpc) is 3.16. The van der Waals surface area contributed by atoms with Gasteiger partial charge in [-0.15, -0.1) is 0 Å². The van der Waals surface area contributed by atoms with Gasteiger partial charge in [-0.1, -0.05) is 42.0 Å². The predicted molar refractivity (Wildman–Crippen MR) is 107 cm³/mol. The van der Waals surface area contributed by atoms with Crippen molar-refractivity contribution in [2.45, 2.75) is 13.8 Å². The van der Waals surface area contributed by atoms with E-state index in [1.807, 2.05) is 32.0 Å². The molecule has 1 N–H and O–H groups in total. The summed E-state index contributed by atoms with van der Waals surface area (Å²) in [4.78, 5) is 23.8. The van der Waals surface area contributed by atoms with Crippen molar-refractivity contribution in [3.63, 3.8) is 0 Å². The third-order valence-corrected chi connectivity index (χ3v) is 4.32. The highest BCUT2D eigenvalue weighted by atomic mass is 16.4. The third-order valence-electron chi connectivity index (χ3n) is 4.32. The molecule has 0 spiro atoms. The van der Waals surface area contributed by atoms with E-state index in [4.69, 9.17) is 4.42 Å². The van der Waals surface area contributed by atoms with Gasteiger partial charge in [-0.3, -0.25) is 4.79 Å². The molecular formula is C23H17N2O4-. The molecule has 3 aromatic rings. The number of aromatic carboxylic acids is 1. The molecule has 1 amide bonds. The van der Waals surface area contributed by atoms with Gasteiger partial charge in [0.25, 0.3) is 5.91 Å². The number of aryl methyl sites for hydroxylation is 2. The fourth-order valence-electron chi connectivity index (χ4n) is 2.89. The number of hydrogen-bond acceptors (Lipinski definition) is 5. The van der Waals surface area contributed by atoms with E-state index in [1.54, 1.807) is 36.4 Å². The Kier molecular flexibility index (Phi) is 5.61. The van der Waals surface area contributed by atoms with Gasteiger partial charge in [0.2, 0.25) is 0 Å². The van der Waals surface area contributed by atoms with Gasteiger partial charge in [0.05, 0.1) is 5.97 Å². The summed E-state index contributed by atoms with van der Waals surface area (Å²) < 4.78 is 5.63. The van der Waals surface area contributed by atoms with Crippen LogP contribution >= 0.6 is 0 Å². The quantitative estimate of drug-likeness (QED) is 0.535. The fourth-order valence-corrected chi connectivity index (χ4v) is 2.89. The van der Waals surface area contributed by atoms with Gasteiger partial charge in [0, 0.05) is 22.9 Å². The molecule has 1 aromatic heterocycles. The van der Waals surface area contributed by atoms with Gasteiger partial charge >= 0.3 is 0 Å². The SMILES string of the molecule is Cc1ccc(NC(=O)/C(C#N)=C/c2ccc(-c3ccccc3C(=O)[O-])o2)c(C)c1. The predicted octanol–water partition coefficient (Wildman–Crippen LogP) is 3.47. The van der Waals surface area contributed by atoms with Crippen LogP contribution in [0.25, 0.3) is 17.4 Å². The zero-order valence-corrected chi connectivity index (χ0v) is 15.9. The number of benzene rings is 2. The monoisotopic (exact) mass is 385 g/mol. The molecule has 0 fully saturated rings. The summed E-state index contributed by atoms with van der Waals surface area (Å²) in [5.74, 6) is -1.34. The smallest absolute Gasteiger partial charge is 0.266 e. The first kappa shape index (κ1) is 19.6. The Morgan fingerprint density at radius 1 is 1.10 bits per heavy atom. The second-order valence-electron chi connectivity index (χ2n) is 6.48. The van der Waals surface area contributed by atoms with Gasteiger partial charge in [-0.2, -0.15) is 5.26 Å². The second kappa shape index (κ2) is 8.28. The van der Waals surface area contributed by atoms with Crippen LogP contribution in [-0.4, -0.2) is 11.9 Å². The average molecular weight is 385 g/mol.